The predicted molar refractivity (Wildman–Crippen MR) is 210 cm³/mol. The molecule has 1 aliphatic rings. The normalized spacial score (nSPS) is 13.9. The maximum atomic E-state index is 13.5. The number of hydrogen-bond donors (Lipinski definition) is 3. The highest BCUT2D eigenvalue weighted by Gasteiger charge is 2.31. The molecule has 0 radical (unpaired) electrons. The number of rotatable bonds is 13. The Morgan fingerprint density at radius 1 is 0.942 bits per heavy atom. The number of hydrazone groups is 1. The molecule has 5 rings (SSSR count). The molecule has 4 aromatic rings. The quantitative estimate of drug-likeness (QED) is 0.125. The SMILES string of the molecule is CCC(Oc1ccc(C(C)(C)CC)cc1C(C)(C)CC)C(=O)Nc1cccc(C(=O)Nc2ncc(C3=NN(c4c(Cl)cc(Cl)cc4Cl)C(=O)C3)[nH]2)c1. The lowest BCUT2D eigenvalue weighted by molar-refractivity contribution is -0.123. The minimum atomic E-state index is -0.761. The van der Waals surface area contributed by atoms with Crippen molar-refractivity contribution in [3.63, 3.8) is 0 Å². The largest absolute Gasteiger partial charge is 0.480 e. The van der Waals surface area contributed by atoms with Gasteiger partial charge in [0.15, 0.2) is 6.10 Å². The number of anilines is 3. The Labute approximate surface area is 319 Å². The van der Waals surface area contributed by atoms with Crippen molar-refractivity contribution >= 4 is 75.6 Å². The smallest absolute Gasteiger partial charge is 0.265 e. The molecule has 13 heteroatoms. The topological polar surface area (TPSA) is 129 Å². The molecular formula is C39H43Cl3N6O4. The number of imidazole rings is 1. The van der Waals surface area contributed by atoms with E-state index in [0.29, 0.717) is 34.3 Å². The summed E-state index contributed by atoms with van der Waals surface area (Å²) in [5, 5.41) is 11.8. The van der Waals surface area contributed by atoms with Gasteiger partial charge < -0.3 is 15.0 Å². The molecule has 2 heterocycles. The fourth-order valence-electron chi connectivity index (χ4n) is 5.62. The zero-order valence-corrected chi connectivity index (χ0v) is 32.6. The number of benzene rings is 3. The zero-order chi connectivity index (χ0) is 38.0. The highest BCUT2D eigenvalue weighted by molar-refractivity contribution is 6.42. The van der Waals surface area contributed by atoms with Crippen molar-refractivity contribution in [2.45, 2.75) is 91.1 Å². The van der Waals surface area contributed by atoms with Gasteiger partial charge in [0.25, 0.3) is 17.7 Å². The number of H-pyrrole nitrogens is 1. The van der Waals surface area contributed by atoms with Crippen LogP contribution in [0.15, 0.2) is 65.9 Å². The molecular weight excluding hydrogens is 723 g/mol. The van der Waals surface area contributed by atoms with Crippen LogP contribution in [-0.4, -0.2) is 39.5 Å². The van der Waals surface area contributed by atoms with E-state index < -0.39 is 12.0 Å². The van der Waals surface area contributed by atoms with Crippen molar-refractivity contribution in [3.05, 3.63) is 98.2 Å². The molecule has 10 nitrogen and oxygen atoms in total. The van der Waals surface area contributed by atoms with Crippen molar-refractivity contribution in [2.75, 3.05) is 15.6 Å². The Morgan fingerprint density at radius 3 is 2.29 bits per heavy atom. The second kappa shape index (κ2) is 15.7. The van der Waals surface area contributed by atoms with E-state index in [9.17, 15) is 14.4 Å². The van der Waals surface area contributed by atoms with Crippen molar-refractivity contribution in [3.8, 4) is 5.75 Å². The van der Waals surface area contributed by atoms with E-state index >= 15 is 0 Å². The number of aromatic amines is 1. The Kier molecular flexibility index (Phi) is 11.7. The fraction of sp³-hybridized carbons (Fsp3) is 0.359. The van der Waals surface area contributed by atoms with Crippen LogP contribution in [0.2, 0.25) is 15.1 Å². The van der Waals surface area contributed by atoms with Gasteiger partial charge in [0, 0.05) is 21.8 Å². The van der Waals surface area contributed by atoms with Gasteiger partial charge >= 0.3 is 0 Å². The third kappa shape index (κ3) is 8.46. The molecule has 0 saturated heterocycles. The highest BCUT2D eigenvalue weighted by Crippen LogP contribution is 2.40. The maximum Gasteiger partial charge on any atom is 0.265 e. The van der Waals surface area contributed by atoms with Crippen molar-refractivity contribution < 1.29 is 19.1 Å². The van der Waals surface area contributed by atoms with E-state index in [2.05, 4.69) is 79.4 Å². The lowest BCUT2D eigenvalue weighted by Crippen LogP contribution is -2.33. The molecule has 0 bridgehead atoms. The Bertz CT molecular complexity index is 2020. The van der Waals surface area contributed by atoms with E-state index in [0.717, 1.165) is 23.4 Å². The highest BCUT2D eigenvalue weighted by atomic mass is 35.5. The van der Waals surface area contributed by atoms with Gasteiger partial charge in [-0.3, -0.25) is 19.7 Å². The summed E-state index contributed by atoms with van der Waals surface area (Å²) in [6, 6.07) is 15.8. The average Bonchev–Trinajstić information content (AvgIpc) is 3.73. The van der Waals surface area contributed by atoms with Crippen LogP contribution in [0.25, 0.3) is 0 Å². The monoisotopic (exact) mass is 764 g/mol. The number of carbonyl (C=O) groups is 3. The van der Waals surface area contributed by atoms with E-state index in [1.54, 1.807) is 24.3 Å². The van der Waals surface area contributed by atoms with Gasteiger partial charge in [-0.2, -0.15) is 10.1 Å². The van der Waals surface area contributed by atoms with Gasteiger partial charge in [0.2, 0.25) is 5.95 Å². The molecule has 3 amide bonds. The summed E-state index contributed by atoms with van der Waals surface area (Å²) < 4.78 is 6.42. The van der Waals surface area contributed by atoms with Gasteiger partial charge in [-0.05, 0) is 72.1 Å². The maximum absolute atomic E-state index is 13.5. The van der Waals surface area contributed by atoms with Gasteiger partial charge in [0.05, 0.1) is 34.1 Å². The first-order chi connectivity index (χ1) is 24.6. The summed E-state index contributed by atoms with van der Waals surface area (Å²) in [7, 11) is 0. The van der Waals surface area contributed by atoms with Crippen molar-refractivity contribution in [1.82, 2.24) is 9.97 Å². The minimum Gasteiger partial charge on any atom is -0.480 e. The van der Waals surface area contributed by atoms with Gasteiger partial charge in [-0.25, -0.2) is 4.98 Å². The van der Waals surface area contributed by atoms with E-state index in [1.807, 2.05) is 13.0 Å². The Morgan fingerprint density at radius 2 is 1.63 bits per heavy atom. The molecule has 1 unspecified atom stereocenters. The third-order valence-corrected chi connectivity index (χ3v) is 10.5. The number of halogens is 3. The van der Waals surface area contributed by atoms with Gasteiger partial charge in [-0.1, -0.05) is 101 Å². The first-order valence-electron chi connectivity index (χ1n) is 17.2. The van der Waals surface area contributed by atoms with Crippen molar-refractivity contribution in [1.29, 1.82) is 0 Å². The number of nitrogens with zero attached hydrogens (tertiary/aromatic N) is 3. The lowest BCUT2D eigenvalue weighted by Gasteiger charge is -2.31. The van der Waals surface area contributed by atoms with Crippen LogP contribution in [0, 0.1) is 0 Å². The molecule has 274 valence electrons. The lowest BCUT2D eigenvalue weighted by atomic mass is 9.76. The fourth-order valence-corrected chi connectivity index (χ4v) is 6.59. The average molecular weight is 766 g/mol. The summed E-state index contributed by atoms with van der Waals surface area (Å²) in [4.78, 5) is 46.8. The van der Waals surface area contributed by atoms with Crippen LogP contribution in [0.5, 0.6) is 5.75 Å². The molecule has 3 aromatic carbocycles. The molecule has 0 saturated carbocycles. The summed E-state index contributed by atoms with van der Waals surface area (Å²) >= 11 is 18.6. The Balaban J connectivity index is 1.27. The number of hydrogen-bond acceptors (Lipinski definition) is 6. The predicted octanol–water partition coefficient (Wildman–Crippen LogP) is 9.93. The molecule has 1 atom stereocenters. The number of amides is 3. The second-order valence-electron chi connectivity index (χ2n) is 14.0. The first-order valence-corrected chi connectivity index (χ1v) is 18.3. The van der Waals surface area contributed by atoms with Crippen LogP contribution in [0.3, 0.4) is 0 Å². The second-order valence-corrected chi connectivity index (χ2v) is 15.3. The number of ether oxygens (including phenoxy) is 1. The van der Waals surface area contributed by atoms with Crippen LogP contribution in [0.1, 0.15) is 101 Å². The molecule has 0 aliphatic carbocycles. The number of aromatic nitrogens is 2. The van der Waals surface area contributed by atoms with E-state index in [-0.39, 0.29) is 56.3 Å². The molecule has 1 aliphatic heterocycles. The standard InChI is InChI=1S/C39H43Cl3N6O4/c1-8-31(52-32-15-14-23(38(4,5)9-2)17-26(32)39(6,7)10-3)36(51)44-25-13-11-12-22(16-25)35(50)46-37-43-21-30(45-37)29-20-33(49)48(47-29)34-27(41)18-24(40)19-28(34)42/h11-19,21,31H,8-10,20H2,1-7H3,(H,44,51)(H2,43,45,46,50). The zero-order valence-electron chi connectivity index (χ0n) is 30.3. The molecule has 0 spiro atoms. The number of nitrogens with one attached hydrogen (secondary N) is 3. The van der Waals surface area contributed by atoms with Crippen LogP contribution < -0.4 is 20.4 Å². The van der Waals surface area contributed by atoms with E-state index in [1.165, 1.54) is 23.9 Å². The molecule has 0 fully saturated rings. The minimum absolute atomic E-state index is 0.00524. The van der Waals surface area contributed by atoms with Crippen LogP contribution in [-0.2, 0) is 20.4 Å². The Hall–Kier alpha value is -4.38. The summed E-state index contributed by atoms with van der Waals surface area (Å²) in [5.41, 5.74) is 3.89. The summed E-state index contributed by atoms with van der Waals surface area (Å²) in [6.07, 6.45) is 2.99. The van der Waals surface area contributed by atoms with Crippen LogP contribution in [0.4, 0.5) is 17.3 Å². The summed E-state index contributed by atoms with van der Waals surface area (Å²) in [6.45, 7) is 15.1. The van der Waals surface area contributed by atoms with Gasteiger partial charge in [-0.15, -0.1) is 0 Å². The molecule has 1 aromatic heterocycles. The van der Waals surface area contributed by atoms with Crippen LogP contribution >= 0.6 is 34.8 Å². The summed E-state index contributed by atoms with van der Waals surface area (Å²) in [5.74, 6) is -0.309. The number of carbonyl (C=O) groups excluding carboxylic acids is 3. The molecule has 52 heavy (non-hydrogen) atoms. The molecule has 3 N–H and O–H groups in total. The third-order valence-electron chi connectivity index (χ3n) is 9.67. The van der Waals surface area contributed by atoms with E-state index in [4.69, 9.17) is 39.5 Å². The van der Waals surface area contributed by atoms with Gasteiger partial charge in [0.1, 0.15) is 11.4 Å². The first kappa shape index (κ1) is 38.8. The van der Waals surface area contributed by atoms with Crippen molar-refractivity contribution in [2.24, 2.45) is 5.10 Å².